The number of aromatic nitrogens is 3. The van der Waals surface area contributed by atoms with Gasteiger partial charge in [0.15, 0.2) is 5.82 Å². The Bertz CT molecular complexity index is 653. The van der Waals surface area contributed by atoms with Crippen LogP contribution in [0.25, 0.3) is 11.4 Å². The predicted octanol–water partition coefficient (Wildman–Crippen LogP) is 1.32. The summed E-state index contributed by atoms with van der Waals surface area (Å²) in [6.45, 7) is 3.49. The fourth-order valence-electron chi connectivity index (χ4n) is 1.77. The van der Waals surface area contributed by atoms with Crippen molar-refractivity contribution in [3.63, 3.8) is 0 Å². The second kappa shape index (κ2) is 4.18. The molecule has 0 radical (unpaired) electrons. The van der Waals surface area contributed by atoms with E-state index >= 15 is 0 Å². The number of H-pyrrole nitrogens is 1. The minimum atomic E-state index is -0.373. The van der Waals surface area contributed by atoms with Crippen LogP contribution in [0.5, 0.6) is 0 Å². The van der Waals surface area contributed by atoms with Crippen LogP contribution in [0, 0.1) is 25.2 Å². The second-order valence-electron chi connectivity index (χ2n) is 3.64. The SMILES string of the molecule is Cc1[nH]c(=O)c(C#N)c(C)c1-c1ncccn1. The summed E-state index contributed by atoms with van der Waals surface area (Å²) < 4.78 is 0. The van der Waals surface area contributed by atoms with Crippen LogP contribution in [0.2, 0.25) is 0 Å². The van der Waals surface area contributed by atoms with Crippen LogP contribution in [0.4, 0.5) is 0 Å². The van der Waals surface area contributed by atoms with E-state index in [0.717, 1.165) is 0 Å². The molecule has 0 aliphatic rings. The van der Waals surface area contributed by atoms with Gasteiger partial charge in [-0.3, -0.25) is 4.79 Å². The van der Waals surface area contributed by atoms with Gasteiger partial charge in [-0.25, -0.2) is 9.97 Å². The number of nitrogens with zero attached hydrogens (tertiary/aromatic N) is 3. The normalized spacial score (nSPS) is 9.94. The lowest BCUT2D eigenvalue weighted by Gasteiger charge is -2.08. The first-order valence-corrected chi connectivity index (χ1v) is 5.06. The molecule has 0 aromatic carbocycles. The first kappa shape index (κ1) is 11.0. The van der Waals surface area contributed by atoms with Crippen molar-refractivity contribution in [1.29, 1.82) is 5.26 Å². The maximum absolute atomic E-state index is 11.6. The standard InChI is InChI=1S/C12H10N4O/c1-7-9(6-13)12(17)16-8(2)10(7)11-14-4-3-5-15-11/h3-5H,1-2H3,(H,16,17). The lowest BCUT2D eigenvalue weighted by Crippen LogP contribution is -2.15. The van der Waals surface area contributed by atoms with E-state index in [9.17, 15) is 4.79 Å². The number of hydrogen-bond acceptors (Lipinski definition) is 4. The number of aryl methyl sites for hydroxylation is 1. The molecule has 2 heterocycles. The first-order chi connectivity index (χ1) is 8.15. The maximum atomic E-state index is 11.6. The van der Waals surface area contributed by atoms with E-state index in [0.29, 0.717) is 22.6 Å². The van der Waals surface area contributed by atoms with E-state index in [4.69, 9.17) is 5.26 Å². The number of nitriles is 1. The molecule has 0 aliphatic heterocycles. The van der Waals surface area contributed by atoms with Crippen molar-refractivity contribution >= 4 is 0 Å². The van der Waals surface area contributed by atoms with Crippen LogP contribution in [0.15, 0.2) is 23.3 Å². The zero-order chi connectivity index (χ0) is 12.4. The fraction of sp³-hybridized carbons (Fsp3) is 0.167. The van der Waals surface area contributed by atoms with Gasteiger partial charge in [-0.05, 0) is 25.5 Å². The molecular formula is C12H10N4O. The molecule has 5 nitrogen and oxygen atoms in total. The minimum absolute atomic E-state index is 0.109. The van der Waals surface area contributed by atoms with Crippen LogP contribution >= 0.6 is 0 Å². The predicted molar refractivity (Wildman–Crippen MR) is 62.3 cm³/mol. The Morgan fingerprint density at radius 2 is 1.94 bits per heavy atom. The zero-order valence-electron chi connectivity index (χ0n) is 9.48. The van der Waals surface area contributed by atoms with Gasteiger partial charge in [0.2, 0.25) is 0 Å². The van der Waals surface area contributed by atoms with Gasteiger partial charge in [0, 0.05) is 23.7 Å². The molecule has 2 aromatic rings. The van der Waals surface area contributed by atoms with Gasteiger partial charge < -0.3 is 4.98 Å². The summed E-state index contributed by atoms with van der Waals surface area (Å²) in [4.78, 5) is 22.5. The monoisotopic (exact) mass is 226 g/mol. The van der Waals surface area contributed by atoms with E-state index in [1.165, 1.54) is 0 Å². The van der Waals surface area contributed by atoms with Gasteiger partial charge >= 0.3 is 0 Å². The van der Waals surface area contributed by atoms with Crippen LogP contribution in [-0.4, -0.2) is 15.0 Å². The third kappa shape index (κ3) is 1.81. The van der Waals surface area contributed by atoms with Gasteiger partial charge in [-0.1, -0.05) is 0 Å². The number of pyridine rings is 1. The molecule has 2 rings (SSSR count). The summed E-state index contributed by atoms with van der Waals surface area (Å²) in [5.74, 6) is 0.509. The Morgan fingerprint density at radius 3 is 2.53 bits per heavy atom. The fourth-order valence-corrected chi connectivity index (χ4v) is 1.77. The topological polar surface area (TPSA) is 82.4 Å². The molecule has 0 saturated carbocycles. The highest BCUT2D eigenvalue weighted by Crippen LogP contribution is 2.22. The summed E-state index contributed by atoms with van der Waals surface area (Å²) in [5, 5.41) is 8.95. The molecule has 2 aromatic heterocycles. The second-order valence-corrected chi connectivity index (χ2v) is 3.64. The van der Waals surface area contributed by atoms with Crippen LogP contribution in [0.1, 0.15) is 16.8 Å². The average molecular weight is 226 g/mol. The Labute approximate surface area is 97.8 Å². The highest BCUT2D eigenvalue weighted by molar-refractivity contribution is 5.65. The van der Waals surface area contributed by atoms with Crippen molar-refractivity contribution < 1.29 is 0 Å². The van der Waals surface area contributed by atoms with Crippen LogP contribution in [0.3, 0.4) is 0 Å². The van der Waals surface area contributed by atoms with Gasteiger partial charge in [0.1, 0.15) is 11.6 Å². The zero-order valence-corrected chi connectivity index (χ0v) is 9.48. The van der Waals surface area contributed by atoms with E-state index in [2.05, 4.69) is 15.0 Å². The van der Waals surface area contributed by atoms with Crippen molar-refractivity contribution in [2.24, 2.45) is 0 Å². The van der Waals surface area contributed by atoms with E-state index in [1.54, 1.807) is 32.3 Å². The van der Waals surface area contributed by atoms with E-state index in [1.807, 2.05) is 6.07 Å². The summed E-state index contributed by atoms with van der Waals surface area (Å²) >= 11 is 0. The maximum Gasteiger partial charge on any atom is 0.266 e. The molecule has 84 valence electrons. The molecule has 0 atom stereocenters. The Kier molecular flexibility index (Phi) is 2.71. The van der Waals surface area contributed by atoms with Crippen molar-refractivity contribution in [1.82, 2.24) is 15.0 Å². The van der Waals surface area contributed by atoms with Crippen molar-refractivity contribution in [2.75, 3.05) is 0 Å². The van der Waals surface area contributed by atoms with Gasteiger partial charge in [0.05, 0.1) is 0 Å². The molecule has 0 aliphatic carbocycles. The number of rotatable bonds is 1. The Morgan fingerprint density at radius 1 is 1.29 bits per heavy atom. The molecule has 0 unspecified atom stereocenters. The third-order valence-corrected chi connectivity index (χ3v) is 2.55. The Balaban J connectivity index is 2.81. The summed E-state index contributed by atoms with van der Waals surface area (Å²) in [6.07, 6.45) is 3.25. The molecule has 0 saturated heterocycles. The molecule has 0 amide bonds. The average Bonchev–Trinajstić information content (AvgIpc) is 2.30. The van der Waals surface area contributed by atoms with Crippen LogP contribution < -0.4 is 5.56 Å². The molecule has 0 spiro atoms. The van der Waals surface area contributed by atoms with Gasteiger partial charge in [-0.2, -0.15) is 5.26 Å². The lowest BCUT2D eigenvalue weighted by molar-refractivity contribution is 1.07. The van der Waals surface area contributed by atoms with Gasteiger partial charge in [0.25, 0.3) is 5.56 Å². The number of nitrogens with one attached hydrogen (secondary N) is 1. The summed E-state index contributed by atoms with van der Waals surface area (Å²) in [7, 11) is 0. The quantitative estimate of drug-likeness (QED) is 0.794. The largest absolute Gasteiger partial charge is 0.325 e. The molecule has 0 bridgehead atoms. The first-order valence-electron chi connectivity index (χ1n) is 5.06. The van der Waals surface area contributed by atoms with Crippen LogP contribution in [-0.2, 0) is 0 Å². The Hall–Kier alpha value is -2.48. The minimum Gasteiger partial charge on any atom is -0.325 e. The van der Waals surface area contributed by atoms with E-state index < -0.39 is 0 Å². The van der Waals surface area contributed by atoms with E-state index in [-0.39, 0.29) is 11.1 Å². The molecule has 17 heavy (non-hydrogen) atoms. The van der Waals surface area contributed by atoms with Crippen molar-refractivity contribution in [3.05, 3.63) is 45.6 Å². The molecule has 5 heteroatoms. The molecule has 0 fully saturated rings. The van der Waals surface area contributed by atoms with Gasteiger partial charge in [-0.15, -0.1) is 0 Å². The van der Waals surface area contributed by atoms with Crippen molar-refractivity contribution in [3.8, 4) is 17.5 Å². The van der Waals surface area contributed by atoms with Crippen molar-refractivity contribution in [2.45, 2.75) is 13.8 Å². The number of aromatic amines is 1. The molecular weight excluding hydrogens is 216 g/mol. The highest BCUT2D eigenvalue weighted by Gasteiger charge is 2.14. The smallest absolute Gasteiger partial charge is 0.266 e. The highest BCUT2D eigenvalue weighted by atomic mass is 16.1. The lowest BCUT2D eigenvalue weighted by atomic mass is 10.0. The number of hydrogen-bond donors (Lipinski definition) is 1. The molecule has 1 N–H and O–H groups in total. The third-order valence-electron chi connectivity index (χ3n) is 2.55. The summed E-state index contributed by atoms with van der Waals surface area (Å²) in [5.41, 5.74) is 1.72. The summed E-state index contributed by atoms with van der Waals surface area (Å²) in [6, 6.07) is 3.61.